The van der Waals surface area contributed by atoms with E-state index in [0.29, 0.717) is 12.2 Å². The Labute approximate surface area is 229 Å². The number of likely N-dealkylation sites (tertiary alicyclic amines) is 1. The van der Waals surface area contributed by atoms with Gasteiger partial charge in [0.1, 0.15) is 24.6 Å². The second kappa shape index (κ2) is 14.0. The molecule has 0 aromatic carbocycles. The second-order valence-electron chi connectivity index (χ2n) is 9.84. The number of nitrogens with one attached hydrogen (secondary N) is 3. The number of hydrogen-bond donors (Lipinski definition) is 5. The van der Waals surface area contributed by atoms with E-state index in [1.165, 1.54) is 4.90 Å². The summed E-state index contributed by atoms with van der Waals surface area (Å²) in [6, 6.07) is 5.84. The molecular weight excluding hydrogens is 570 g/mol. The highest BCUT2D eigenvalue weighted by atomic mass is 19.4. The maximum Gasteiger partial charge on any atom is 0.430 e. The van der Waals surface area contributed by atoms with E-state index in [-0.39, 0.29) is 24.0 Å². The largest absolute Gasteiger partial charge is 0.542 e. The molecule has 0 bridgehead atoms. The normalized spacial score (nSPS) is 20.0. The molecule has 41 heavy (non-hydrogen) atoms. The topological polar surface area (TPSA) is 174 Å². The molecule has 11 nitrogen and oxygen atoms in total. The maximum atomic E-state index is 12.9. The van der Waals surface area contributed by atoms with Gasteiger partial charge in [0, 0.05) is 18.4 Å². The van der Waals surface area contributed by atoms with E-state index in [0.717, 1.165) is 63.1 Å². The number of nitrogens with zero attached hydrogens (tertiary/aromatic N) is 1. The van der Waals surface area contributed by atoms with E-state index < -0.39 is 24.3 Å². The first-order valence-electron chi connectivity index (χ1n) is 12.5. The summed E-state index contributed by atoms with van der Waals surface area (Å²) in [7, 11) is 0. The lowest BCUT2D eigenvalue weighted by molar-refractivity contribution is -0.908. The quantitative estimate of drug-likeness (QED) is 0.185. The number of carbonyl (C=O) groups is 3. The predicted octanol–water partition coefficient (Wildman–Crippen LogP) is -2.22. The molecule has 2 aromatic rings. The number of aliphatic hydroxyl groups is 2. The van der Waals surface area contributed by atoms with Crippen LogP contribution in [0.25, 0.3) is 5.52 Å². The number of imidazole rings is 1. The van der Waals surface area contributed by atoms with Crippen LogP contribution in [0.1, 0.15) is 48.4 Å². The van der Waals surface area contributed by atoms with Crippen molar-refractivity contribution in [2.24, 2.45) is 5.41 Å². The number of aromatic nitrogens is 2. The average molecular weight is 601 g/mol. The fourth-order valence-electron chi connectivity index (χ4n) is 4.63. The number of carbonyl (C=O) groups excluding carboxylic acids is 3. The summed E-state index contributed by atoms with van der Waals surface area (Å²) in [6.07, 6.45) is -3.65. The molecule has 2 fully saturated rings. The van der Waals surface area contributed by atoms with Gasteiger partial charge in [-0.05, 0) is 25.0 Å². The van der Waals surface area contributed by atoms with E-state index in [2.05, 4.69) is 10.3 Å². The molecular formula is C24H30F6N4O7. The van der Waals surface area contributed by atoms with Crippen LogP contribution in [-0.4, -0.2) is 77.7 Å². The molecule has 2 aliphatic rings. The number of aliphatic carboxylic acids is 2. The minimum atomic E-state index is -5.19. The smallest absolute Gasteiger partial charge is 0.430 e. The molecule has 230 valence electrons. The molecule has 1 aliphatic carbocycles. The van der Waals surface area contributed by atoms with Crippen molar-refractivity contribution in [2.75, 3.05) is 26.2 Å². The van der Waals surface area contributed by atoms with Gasteiger partial charge in [0.05, 0.1) is 19.3 Å². The molecule has 2 aromatic heterocycles. The highest BCUT2D eigenvalue weighted by Gasteiger charge is 2.35. The third-order valence-electron chi connectivity index (χ3n) is 6.76. The fraction of sp³-hybridized carbons (Fsp3) is 0.583. The van der Waals surface area contributed by atoms with E-state index in [4.69, 9.17) is 19.8 Å². The summed E-state index contributed by atoms with van der Waals surface area (Å²) >= 11 is 0. The number of fused-ring (bicyclic) bond motifs is 1. The maximum absolute atomic E-state index is 12.9. The SMILES string of the molecule is O=C(NCC1(CO)CCCC1)c1[nH]c(C[NH+]2CCC(O)C2)[n+]2ccccc12.O=C([O-])C(F)(F)F.O=C([O-])C(F)(F)F. The molecule has 1 saturated heterocycles. The van der Waals surface area contributed by atoms with E-state index in [9.17, 15) is 41.4 Å². The Bertz CT molecular complexity index is 1170. The van der Waals surface area contributed by atoms with Crippen molar-refractivity contribution in [1.29, 1.82) is 0 Å². The molecule has 1 amide bonds. The van der Waals surface area contributed by atoms with Gasteiger partial charge in [-0.1, -0.05) is 18.9 Å². The highest BCUT2D eigenvalue weighted by molar-refractivity contribution is 5.97. The van der Waals surface area contributed by atoms with Gasteiger partial charge in [0.15, 0.2) is 12.1 Å². The number of carboxylic acids is 2. The molecule has 0 radical (unpaired) electrons. The number of aliphatic hydroxyl groups excluding tert-OH is 2. The van der Waals surface area contributed by atoms with Gasteiger partial charge in [-0.15, -0.1) is 0 Å². The van der Waals surface area contributed by atoms with Crippen molar-refractivity contribution in [2.45, 2.75) is 57.1 Å². The standard InChI is InChI=1S/C20H28N4O3.2C2HF3O2/c25-14-20(7-2-3-8-20)13-21-19(27)18-16-5-1-4-9-24(16)17(22-18)12-23-10-6-15(26)11-23;2*3-2(4,5)1(6)7/h1,4-5,9,15,25-26H,2-3,6-8,10-14H2,(H,21,27);2*(H,6,7). The molecule has 5 N–H and O–H groups in total. The van der Waals surface area contributed by atoms with Crippen molar-refractivity contribution >= 4 is 23.4 Å². The van der Waals surface area contributed by atoms with Crippen LogP contribution >= 0.6 is 0 Å². The molecule has 1 saturated carbocycles. The van der Waals surface area contributed by atoms with Crippen molar-refractivity contribution in [3.63, 3.8) is 0 Å². The summed E-state index contributed by atoms with van der Waals surface area (Å²) in [5.41, 5.74) is 1.26. The zero-order valence-electron chi connectivity index (χ0n) is 21.6. The van der Waals surface area contributed by atoms with Gasteiger partial charge in [0.2, 0.25) is 5.69 Å². The van der Waals surface area contributed by atoms with Gasteiger partial charge in [-0.25, -0.2) is 4.98 Å². The lowest BCUT2D eigenvalue weighted by Crippen LogP contribution is -3.09. The number of pyridine rings is 1. The molecule has 17 heteroatoms. The summed E-state index contributed by atoms with van der Waals surface area (Å²) in [4.78, 5) is 35.1. The van der Waals surface area contributed by atoms with Gasteiger partial charge < -0.3 is 40.2 Å². The molecule has 2 unspecified atom stereocenters. The number of alkyl halides is 6. The van der Waals surface area contributed by atoms with E-state index >= 15 is 0 Å². The zero-order chi connectivity index (χ0) is 31.0. The number of aromatic amines is 1. The van der Waals surface area contributed by atoms with Gasteiger partial charge in [0.25, 0.3) is 5.91 Å². The Hall–Kier alpha value is -3.44. The van der Waals surface area contributed by atoms with Crippen LogP contribution in [0.3, 0.4) is 0 Å². The third-order valence-corrected chi connectivity index (χ3v) is 6.76. The van der Waals surface area contributed by atoms with Crippen LogP contribution in [0.4, 0.5) is 26.3 Å². The van der Waals surface area contributed by atoms with Crippen LogP contribution in [-0.2, 0) is 16.1 Å². The Morgan fingerprint density at radius 1 is 1.07 bits per heavy atom. The molecule has 1 aliphatic heterocycles. The minimum Gasteiger partial charge on any atom is -0.542 e. The van der Waals surface area contributed by atoms with Crippen LogP contribution in [0.15, 0.2) is 24.4 Å². The van der Waals surface area contributed by atoms with Gasteiger partial charge in [-0.2, -0.15) is 30.7 Å². The Kier molecular flexibility index (Phi) is 11.5. The number of quaternary nitrogens is 1. The lowest BCUT2D eigenvalue weighted by Gasteiger charge is -2.26. The summed E-state index contributed by atoms with van der Waals surface area (Å²) in [6.45, 7) is 3.07. The molecule has 4 rings (SSSR count). The number of rotatable bonds is 6. The summed E-state index contributed by atoms with van der Waals surface area (Å²) in [5.74, 6) is -5.17. The van der Waals surface area contributed by atoms with E-state index in [1.807, 2.05) is 28.8 Å². The molecule has 0 spiro atoms. The Morgan fingerprint density at radius 3 is 2.10 bits per heavy atom. The number of halogens is 6. The third kappa shape index (κ3) is 9.86. The summed E-state index contributed by atoms with van der Waals surface area (Å²) in [5, 5.41) is 40.2. The predicted molar refractivity (Wildman–Crippen MR) is 121 cm³/mol. The summed E-state index contributed by atoms with van der Waals surface area (Å²) < 4.78 is 65.1. The number of carboxylic acid groups (broad SMARTS) is 2. The first-order chi connectivity index (χ1) is 19.0. The number of amides is 1. The van der Waals surface area contributed by atoms with Crippen molar-refractivity contribution < 1.29 is 70.5 Å². The monoisotopic (exact) mass is 600 g/mol. The van der Waals surface area contributed by atoms with Crippen molar-refractivity contribution in [1.82, 2.24) is 10.3 Å². The first-order valence-corrected chi connectivity index (χ1v) is 12.5. The van der Waals surface area contributed by atoms with Crippen molar-refractivity contribution in [3.05, 3.63) is 35.9 Å². The van der Waals surface area contributed by atoms with Crippen LogP contribution in [0.5, 0.6) is 0 Å². The van der Waals surface area contributed by atoms with Crippen LogP contribution in [0.2, 0.25) is 0 Å². The molecule has 3 heterocycles. The average Bonchev–Trinajstić information content (AvgIpc) is 3.62. The van der Waals surface area contributed by atoms with Crippen molar-refractivity contribution in [3.8, 4) is 0 Å². The fourth-order valence-corrected chi connectivity index (χ4v) is 4.63. The van der Waals surface area contributed by atoms with Crippen LogP contribution < -0.4 is 24.8 Å². The Balaban J connectivity index is 0.000000349. The van der Waals surface area contributed by atoms with E-state index in [1.54, 1.807) is 0 Å². The highest BCUT2D eigenvalue weighted by Crippen LogP contribution is 2.36. The number of H-pyrrole nitrogens is 1. The Morgan fingerprint density at radius 2 is 1.63 bits per heavy atom. The first kappa shape index (κ1) is 33.8. The van der Waals surface area contributed by atoms with Gasteiger partial charge >= 0.3 is 18.2 Å². The van der Waals surface area contributed by atoms with Crippen LogP contribution in [0, 0.1) is 5.41 Å². The lowest BCUT2D eigenvalue weighted by atomic mass is 9.87. The zero-order valence-corrected chi connectivity index (χ0v) is 21.6. The molecule has 2 atom stereocenters. The van der Waals surface area contributed by atoms with Gasteiger partial charge in [-0.3, -0.25) is 4.79 Å². The number of hydrogen-bond acceptors (Lipinski definition) is 7. The second-order valence-corrected chi connectivity index (χ2v) is 9.84. The minimum absolute atomic E-state index is 0.124.